The maximum Gasteiger partial charge on any atom is 0.148 e. The smallest absolute Gasteiger partial charge is 0.148 e. The van der Waals surface area contributed by atoms with Crippen LogP contribution in [0.5, 0.6) is 11.5 Å². The molecule has 0 amide bonds. The van der Waals surface area contributed by atoms with E-state index in [0.29, 0.717) is 61.6 Å². The second-order valence-electron chi connectivity index (χ2n) is 38.2. The molecule has 16 aromatic carbocycles. The van der Waals surface area contributed by atoms with E-state index in [9.17, 15) is 14.3 Å². The fourth-order valence-corrected chi connectivity index (χ4v) is 18.3. The van der Waals surface area contributed by atoms with Gasteiger partial charge < -0.3 is 10.2 Å². The van der Waals surface area contributed by atoms with Crippen molar-refractivity contribution in [2.24, 2.45) is 0 Å². The number of phenolic OH excluding ortho intramolecular Hbond substituents is 2. The van der Waals surface area contributed by atoms with Crippen molar-refractivity contribution in [1.82, 2.24) is 29.1 Å². The fourth-order valence-electron chi connectivity index (χ4n) is 18.3. The third-order valence-corrected chi connectivity index (χ3v) is 25.2. The number of aromatic hydroxyl groups is 2. The van der Waals surface area contributed by atoms with Crippen LogP contribution in [0.4, 0.5) is 0 Å². The van der Waals surface area contributed by atoms with Crippen molar-refractivity contribution < 1.29 is 74.3 Å². The summed E-state index contributed by atoms with van der Waals surface area (Å²) >= 11 is 0. The molecular weight excluding hydrogens is 2040 g/mol. The molecule has 0 aliphatic rings. The molecule has 0 radical (unpaired) electrons. The van der Waals surface area contributed by atoms with Crippen LogP contribution in [0.25, 0.3) is 190 Å². The summed E-state index contributed by atoms with van der Waals surface area (Å²) in [6, 6.07) is 112. The normalized spacial score (nSPS) is 13.7. The fraction of sp³-hybridized carbons (Fsp3) is 0.156. The number of hydrogen-bond acceptors (Lipinski definition) is 6. The molecule has 2 N–H and O–H groups in total. The van der Waals surface area contributed by atoms with E-state index in [0.717, 1.165) is 123 Å². The van der Waals surface area contributed by atoms with Crippen molar-refractivity contribution in [3.05, 3.63) is 433 Å². The van der Waals surface area contributed by atoms with Gasteiger partial charge in [-0.2, -0.15) is 0 Å². The van der Waals surface area contributed by atoms with Crippen LogP contribution in [0.15, 0.2) is 376 Å². The number of fused-ring (bicyclic) bond motifs is 2. The Labute approximate surface area is 864 Å². The summed E-state index contributed by atoms with van der Waals surface area (Å²) in [6.45, 7) is 16.2. The third kappa shape index (κ3) is 19.5. The minimum absolute atomic E-state index is 0. The summed E-state index contributed by atoms with van der Waals surface area (Å²) < 4.78 is 143. The molecule has 10 heteroatoms. The molecule has 688 valence electrons. The van der Waals surface area contributed by atoms with E-state index in [4.69, 9.17) is 32.8 Å². The Morgan fingerprint density at radius 3 is 1.12 bits per heavy atom. The number of nitrogens with zero attached hydrogens (tertiary/aromatic N) is 6. The quantitative estimate of drug-likeness (QED) is 0.0935. The van der Waals surface area contributed by atoms with Gasteiger partial charge >= 0.3 is 0 Å². The van der Waals surface area contributed by atoms with Crippen LogP contribution in [-0.4, -0.2) is 39.3 Å². The summed E-state index contributed by atoms with van der Waals surface area (Å²) in [4.78, 5) is 20.5. The van der Waals surface area contributed by atoms with E-state index >= 15 is 0 Å². The van der Waals surface area contributed by atoms with E-state index in [1.807, 2.05) is 142 Å². The summed E-state index contributed by atoms with van der Waals surface area (Å²) in [6.07, 6.45) is 1.14. The van der Waals surface area contributed by atoms with Gasteiger partial charge in [-0.05, 0) is 221 Å². The Balaban J connectivity index is 0.000000210. The van der Waals surface area contributed by atoms with Crippen LogP contribution in [0.3, 0.4) is 0 Å². The van der Waals surface area contributed by atoms with Gasteiger partial charge in [-0.3, -0.25) is 19.1 Å². The predicted octanol–water partition coefficient (Wildman–Crippen LogP) is 33.6. The molecule has 20 rings (SSSR count). The largest absolute Gasteiger partial charge is 0.507 e. The van der Waals surface area contributed by atoms with Gasteiger partial charge in [0.05, 0.1) is 54.2 Å². The molecule has 8 nitrogen and oxygen atoms in total. The molecule has 20 aromatic rings. The number of imidazole rings is 2. The summed E-state index contributed by atoms with van der Waals surface area (Å²) in [5, 5.41) is 24.1. The SMILES string of the molecule is Cc1cc(C)c(O)c(-c2nc3c(-c4[c-]c(-c5cc(-c6ccc(-c7ccccc7)cc6)ccn5)cc(C(C)(C)C)c4)cccc3n2-c2cc(-c3ccccc3)c(C(C)(C)C)cc2-c2ccccc2)c1.[2H]c1nc(-c2[c-]c(-c3cccc4c3nc(-c3cc(C)cc(C)c3O)n4-c3cc(-c4ccccc4)c(C(C)(C)C)cc3-c3ccccc3)cc(-c3ccccc3)c2)c([2H])c(-c2c([2H])c([2H])c(C(C([2H])([2H])[2H])(C([2H])([2H])[2H])C([2H])([2H])[2H])c([2H])c2[2H])c1[2H].[Pt].[Pt]. The molecule has 0 saturated heterocycles. The second-order valence-corrected chi connectivity index (χ2v) is 38.2. The maximum atomic E-state index is 12.1. The molecule has 0 saturated carbocycles. The predicted molar refractivity (Wildman–Crippen MR) is 569 cm³/mol. The Kier molecular flexibility index (Phi) is 21.8. The van der Waals surface area contributed by atoms with E-state index in [2.05, 4.69) is 302 Å². The molecule has 0 aliphatic carbocycles. The minimum atomic E-state index is -3.94. The molecule has 0 spiro atoms. The van der Waals surface area contributed by atoms with Gasteiger partial charge in [0.2, 0.25) is 0 Å². The molecule has 0 bridgehead atoms. The Hall–Kier alpha value is -14.3. The van der Waals surface area contributed by atoms with Crippen LogP contribution >= 0.6 is 0 Å². The van der Waals surface area contributed by atoms with Gasteiger partial charge in [-0.1, -0.05) is 390 Å². The van der Waals surface area contributed by atoms with Gasteiger partial charge in [-0.15, -0.1) is 53.1 Å². The van der Waals surface area contributed by atoms with Crippen molar-refractivity contribution in [1.29, 1.82) is 0 Å². The van der Waals surface area contributed by atoms with Crippen molar-refractivity contribution in [2.45, 2.75) is 132 Å². The monoisotopic (exact) mass is 2170 g/mol. The molecule has 0 atom stereocenters. The number of hydrogen-bond donors (Lipinski definition) is 2. The number of pyridine rings is 2. The van der Waals surface area contributed by atoms with Crippen molar-refractivity contribution in [3.63, 3.8) is 0 Å². The summed E-state index contributed by atoms with van der Waals surface area (Å²) in [5.41, 5.74) is 23.7. The first-order chi connectivity index (χ1) is 72.1. The van der Waals surface area contributed by atoms with Gasteiger partial charge in [0.25, 0.3) is 0 Å². The summed E-state index contributed by atoms with van der Waals surface area (Å²) in [7, 11) is 0. The maximum absolute atomic E-state index is 12.1. The molecular formula is C128H112N6O2Pt2-2. The van der Waals surface area contributed by atoms with E-state index in [1.165, 1.54) is 22.3 Å². The topological polar surface area (TPSA) is 102 Å². The Morgan fingerprint density at radius 1 is 0.297 bits per heavy atom. The molecule has 0 aliphatic heterocycles. The van der Waals surface area contributed by atoms with Crippen molar-refractivity contribution in [3.8, 4) is 179 Å². The third-order valence-electron chi connectivity index (χ3n) is 25.2. The molecule has 4 heterocycles. The van der Waals surface area contributed by atoms with Gasteiger partial charge in [0.15, 0.2) is 0 Å². The number of para-hydroxylation sites is 2. The average Bonchev–Trinajstić information content (AvgIpc) is 0.859. The number of benzene rings is 16. The Bertz CT molecular complexity index is 8680. The second kappa shape index (κ2) is 39.1. The molecule has 138 heavy (non-hydrogen) atoms. The van der Waals surface area contributed by atoms with Crippen LogP contribution in [-0.2, 0) is 63.8 Å². The number of aryl methyl sites for hydroxylation is 4. The van der Waals surface area contributed by atoms with Crippen LogP contribution in [0.1, 0.15) is 149 Å². The van der Waals surface area contributed by atoms with E-state index in [-0.39, 0.29) is 81.1 Å². The first kappa shape index (κ1) is 76.9. The van der Waals surface area contributed by atoms with Crippen LogP contribution < -0.4 is 0 Å². The first-order valence-corrected chi connectivity index (χ1v) is 45.8. The number of aromatic nitrogens is 6. The van der Waals surface area contributed by atoms with E-state index in [1.54, 1.807) is 6.07 Å². The molecule has 4 aromatic heterocycles. The zero-order valence-electron chi connectivity index (χ0n) is 95.0. The zero-order valence-corrected chi connectivity index (χ0v) is 83.5. The van der Waals surface area contributed by atoms with Gasteiger partial charge in [0.1, 0.15) is 23.1 Å². The Morgan fingerprint density at radius 2 is 0.688 bits per heavy atom. The average molecular weight is 2170 g/mol. The number of rotatable bonds is 16. The minimum Gasteiger partial charge on any atom is -0.507 e. The van der Waals surface area contributed by atoms with Gasteiger partial charge in [0, 0.05) is 89.4 Å². The van der Waals surface area contributed by atoms with Crippen LogP contribution in [0.2, 0.25) is 0 Å². The van der Waals surface area contributed by atoms with Crippen LogP contribution in [0, 0.1) is 39.8 Å². The standard InChI is InChI=1S/2C64H56N3O.2Pt/c1-41-33-42(2)61(68)55(34-41)62-66-60-52(25-18-26-58(60)67(62)59-40-53(45-21-14-10-15-22-45)56(64(6,7)8)39-54(59)46-23-16-11-17-24-46)49-35-48(43-19-12-9-13-20-43)36-50(37-49)57-38-47(31-32-65-57)44-27-29-51(30-28-44)63(3,4)5;1-41-33-42(2)61(68)55(34-41)62-66-60-52(25-18-26-58(60)67(62)59-40-53(46-21-14-10-15-22-46)56(64(6,7)8)39-54(59)47-23-16-11-17-24-47)49-35-50(37-51(36-49)63(3,4)5)57-38-48(31-32-65-57)45-29-27-44(28-30-45)43-19-12-9-13-20-43;;/h9-36,38-40,68H,1-8H3;9-34,36-40,68H,1-8H3;;/q2*-1;;/i3D3,4D3,5D3,27D,28D,29D,30D,31D,32D,38D;;;. The van der Waals surface area contributed by atoms with Gasteiger partial charge in [-0.25, -0.2) is 9.97 Å². The first-order valence-electron chi connectivity index (χ1n) is 53.8. The molecule has 0 fully saturated rings. The van der Waals surface area contributed by atoms with E-state index < -0.39 is 85.1 Å². The number of phenols is 2. The van der Waals surface area contributed by atoms with Crippen molar-refractivity contribution in [2.75, 3.05) is 0 Å². The van der Waals surface area contributed by atoms with Crippen molar-refractivity contribution >= 4 is 22.1 Å². The zero-order chi connectivity index (χ0) is 108. The molecule has 0 unspecified atom stereocenters. The summed E-state index contributed by atoms with van der Waals surface area (Å²) in [5.74, 6) is 1.33.